The summed E-state index contributed by atoms with van der Waals surface area (Å²) in [5.41, 5.74) is 10.7. The fourth-order valence-corrected chi connectivity index (χ4v) is 4.93. The van der Waals surface area contributed by atoms with Gasteiger partial charge in [-0.05, 0) is 51.2 Å². The number of carbonyl (C=O) groups excluding carboxylic acids is 3. The van der Waals surface area contributed by atoms with Crippen LogP contribution in [0.25, 0.3) is 0 Å². The number of thiazole rings is 1. The minimum Gasteiger partial charge on any atom is -0.370 e. The molecule has 2 heterocycles. The Morgan fingerprint density at radius 2 is 2.21 bits per heavy atom. The average Bonchev–Trinajstić information content (AvgIpc) is 3.30. The number of hydrogen-bond donors (Lipinski definition) is 4. The van der Waals surface area contributed by atoms with E-state index in [1.807, 2.05) is 0 Å². The summed E-state index contributed by atoms with van der Waals surface area (Å²) in [7, 11) is 0. The number of carbonyl (C=O) groups is 3. The molecule has 6 N–H and O–H groups in total. The third-order valence-corrected chi connectivity index (χ3v) is 6.95. The summed E-state index contributed by atoms with van der Waals surface area (Å²) >= 11 is 2.71. The van der Waals surface area contributed by atoms with Crippen LogP contribution in [0.1, 0.15) is 55.3 Å². The van der Waals surface area contributed by atoms with E-state index in [4.69, 9.17) is 16.9 Å². The second-order valence-corrected chi connectivity index (χ2v) is 10.1. The molecule has 1 aromatic heterocycles. The van der Waals surface area contributed by atoms with Crippen LogP contribution in [0.2, 0.25) is 0 Å². The van der Waals surface area contributed by atoms with Crippen LogP contribution >= 0.6 is 23.1 Å². The van der Waals surface area contributed by atoms with Crippen molar-refractivity contribution in [1.29, 1.82) is 5.41 Å². The van der Waals surface area contributed by atoms with Gasteiger partial charge in [0, 0.05) is 30.6 Å². The predicted octanol–water partition coefficient (Wildman–Crippen LogP) is 1.61. The first kappa shape index (κ1) is 26.8. The van der Waals surface area contributed by atoms with E-state index in [2.05, 4.69) is 15.3 Å². The van der Waals surface area contributed by atoms with Crippen molar-refractivity contribution in [2.75, 3.05) is 25.4 Å². The molecule has 2 amide bonds. The summed E-state index contributed by atoms with van der Waals surface area (Å²) in [5, 5.41) is 12.9. The first-order valence-corrected chi connectivity index (χ1v) is 12.9. The Labute approximate surface area is 202 Å². The molecule has 0 bridgehead atoms. The van der Waals surface area contributed by atoms with E-state index in [1.54, 1.807) is 23.4 Å². The summed E-state index contributed by atoms with van der Waals surface area (Å²) < 4.78 is 0. The number of likely N-dealkylation sites (tertiary alicyclic amines) is 1. The van der Waals surface area contributed by atoms with Crippen molar-refractivity contribution in [3.05, 3.63) is 16.6 Å². The molecule has 33 heavy (non-hydrogen) atoms. The minimum absolute atomic E-state index is 0.0106. The number of guanidine groups is 1. The van der Waals surface area contributed by atoms with Crippen LogP contribution in [-0.4, -0.2) is 69.9 Å². The number of hydrogen-bond acceptors (Lipinski definition) is 8. The number of piperidine rings is 1. The number of amides is 2. The lowest BCUT2D eigenvalue weighted by atomic mass is 9.92. The third-order valence-electron chi connectivity index (χ3n) is 5.23. The van der Waals surface area contributed by atoms with E-state index >= 15 is 0 Å². The number of Topliss-reactive ketones (excluding diaryl/α,β-unsaturated/α-hetero) is 1. The van der Waals surface area contributed by atoms with E-state index in [0.717, 1.165) is 31.4 Å². The molecule has 2 atom stereocenters. The van der Waals surface area contributed by atoms with Gasteiger partial charge in [0.15, 0.2) is 11.0 Å². The van der Waals surface area contributed by atoms with Gasteiger partial charge in [0.2, 0.25) is 17.6 Å². The lowest BCUT2D eigenvalue weighted by molar-refractivity contribution is -0.142. The molecule has 0 saturated carbocycles. The number of aliphatic imine (C=N–C) groups is 1. The topological polar surface area (TPSA) is 168 Å². The van der Waals surface area contributed by atoms with Gasteiger partial charge in [-0.3, -0.25) is 24.8 Å². The molecule has 0 aliphatic carbocycles. The van der Waals surface area contributed by atoms with E-state index in [9.17, 15) is 14.4 Å². The summed E-state index contributed by atoms with van der Waals surface area (Å²) in [5.74, 6) is 0.0706. The van der Waals surface area contributed by atoms with Gasteiger partial charge in [-0.15, -0.1) is 23.1 Å². The maximum absolute atomic E-state index is 12.9. The molecule has 1 aliphatic rings. The highest BCUT2D eigenvalue weighted by molar-refractivity contribution is 8.13. The highest BCUT2D eigenvalue weighted by Gasteiger charge is 2.31. The number of rotatable bonds is 13. The first-order valence-electron chi connectivity index (χ1n) is 11.0. The SMILES string of the molecule is CC(=N)SCCCC1CCCN(CC(=O)N[C@@H](CCCN=C(N)N)C(=O)c2nccs2)C1=O. The second-order valence-electron chi connectivity index (χ2n) is 7.92. The van der Waals surface area contributed by atoms with Crippen LogP contribution in [0, 0.1) is 11.3 Å². The van der Waals surface area contributed by atoms with Gasteiger partial charge in [-0.25, -0.2) is 4.98 Å². The van der Waals surface area contributed by atoms with Crippen molar-refractivity contribution in [2.24, 2.45) is 22.4 Å². The Morgan fingerprint density at radius 1 is 1.42 bits per heavy atom. The number of nitrogens with one attached hydrogen (secondary N) is 2. The smallest absolute Gasteiger partial charge is 0.240 e. The standard InChI is InChI=1S/C21H33N7O3S2/c1-14(22)32-11-4-6-15-5-3-10-28(20(15)31)13-17(29)27-16(7-2-8-26-21(23)24)18(30)19-25-9-12-33-19/h9,12,15-16,22H,2-8,10-11,13H2,1H3,(H,27,29)(H4,23,24,26)/t15?,16-/m0/s1. The quantitative estimate of drug-likeness (QED) is 0.139. The van der Waals surface area contributed by atoms with Crippen molar-refractivity contribution < 1.29 is 14.4 Å². The molecule has 1 saturated heterocycles. The zero-order valence-corrected chi connectivity index (χ0v) is 20.6. The Hall–Kier alpha value is -2.47. The number of ketones is 1. The molecule has 0 radical (unpaired) electrons. The average molecular weight is 496 g/mol. The molecule has 0 spiro atoms. The van der Waals surface area contributed by atoms with Gasteiger partial charge in [0.25, 0.3) is 0 Å². The summed E-state index contributed by atoms with van der Waals surface area (Å²) in [6.45, 7) is 2.57. The Morgan fingerprint density at radius 3 is 2.88 bits per heavy atom. The van der Waals surface area contributed by atoms with Crippen LogP contribution in [0.4, 0.5) is 0 Å². The molecule has 182 valence electrons. The Kier molecular flexibility index (Phi) is 11.3. The summed E-state index contributed by atoms with van der Waals surface area (Å²) in [4.78, 5) is 48.0. The number of nitrogens with two attached hydrogens (primary N) is 2. The molecule has 1 aliphatic heterocycles. The van der Waals surface area contributed by atoms with Crippen molar-refractivity contribution in [3.8, 4) is 0 Å². The predicted molar refractivity (Wildman–Crippen MR) is 133 cm³/mol. The van der Waals surface area contributed by atoms with Crippen LogP contribution in [0.3, 0.4) is 0 Å². The molecule has 1 unspecified atom stereocenters. The van der Waals surface area contributed by atoms with Gasteiger partial charge in [0.1, 0.15) is 0 Å². The molecule has 0 aromatic carbocycles. The highest BCUT2D eigenvalue weighted by atomic mass is 32.2. The van der Waals surface area contributed by atoms with Crippen LogP contribution < -0.4 is 16.8 Å². The lowest BCUT2D eigenvalue weighted by Gasteiger charge is -2.32. The zero-order valence-electron chi connectivity index (χ0n) is 18.9. The molecular weight excluding hydrogens is 462 g/mol. The highest BCUT2D eigenvalue weighted by Crippen LogP contribution is 2.23. The third kappa shape index (κ3) is 9.50. The summed E-state index contributed by atoms with van der Waals surface area (Å²) in [6, 6.07) is -0.755. The lowest BCUT2D eigenvalue weighted by Crippen LogP contribution is -2.49. The molecule has 1 aromatic rings. The number of thioether (sulfide) groups is 1. The van der Waals surface area contributed by atoms with Gasteiger partial charge < -0.3 is 21.7 Å². The van der Waals surface area contributed by atoms with E-state index in [0.29, 0.717) is 36.0 Å². The van der Waals surface area contributed by atoms with Gasteiger partial charge in [-0.1, -0.05) is 0 Å². The molecule has 1 fully saturated rings. The van der Waals surface area contributed by atoms with Crippen LogP contribution in [-0.2, 0) is 9.59 Å². The summed E-state index contributed by atoms with van der Waals surface area (Å²) in [6.07, 6.45) is 5.70. The molecule has 12 heteroatoms. The fraction of sp³-hybridized carbons (Fsp3) is 0.619. The largest absolute Gasteiger partial charge is 0.370 e. The molecule has 2 rings (SSSR count). The van der Waals surface area contributed by atoms with Crippen molar-refractivity contribution in [2.45, 2.75) is 51.5 Å². The van der Waals surface area contributed by atoms with Gasteiger partial charge in [-0.2, -0.15) is 0 Å². The number of nitrogens with zero attached hydrogens (tertiary/aromatic N) is 3. The van der Waals surface area contributed by atoms with Crippen molar-refractivity contribution in [1.82, 2.24) is 15.2 Å². The Bertz CT molecular complexity index is 841. The van der Waals surface area contributed by atoms with Crippen LogP contribution in [0.15, 0.2) is 16.6 Å². The maximum atomic E-state index is 12.9. The zero-order chi connectivity index (χ0) is 24.2. The molecular formula is C21H33N7O3S2. The van der Waals surface area contributed by atoms with Gasteiger partial charge >= 0.3 is 0 Å². The maximum Gasteiger partial charge on any atom is 0.240 e. The minimum atomic E-state index is -0.755. The van der Waals surface area contributed by atoms with E-state index in [1.165, 1.54) is 23.1 Å². The second kappa shape index (κ2) is 13.9. The van der Waals surface area contributed by atoms with Crippen molar-refractivity contribution >= 4 is 51.7 Å². The molecule has 10 nitrogen and oxygen atoms in total. The van der Waals surface area contributed by atoms with Crippen molar-refractivity contribution in [3.63, 3.8) is 0 Å². The van der Waals surface area contributed by atoms with E-state index < -0.39 is 6.04 Å². The first-order chi connectivity index (χ1) is 15.8. The normalized spacial score (nSPS) is 16.8. The van der Waals surface area contributed by atoms with E-state index in [-0.39, 0.29) is 36.0 Å². The fourth-order valence-electron chi connectivity index (χ4n) is 3.68. The Balaban J connectivity index is 1.91. The van der Waals surface area contributed by atoms with Gasteiger partial charge in [0.05, 0.1) is 17.6 Å². The number of aromatic nitrogens is 1. The van der Waals surface area contributed by atoms with Crippen LogP contribution in [0.5, 0.6) is 0 Å². The monoisotopic (exact) mass is 495 g/mol.